The second kappa shape index (κ2) is 6.55. The van der Waals surface area contributed by atoms with E-state index in [1.807, 2.05) is 0 Å². The molecular weight excluding hydrogens is 364 g/mol. The summed E-state index contributed by atoms with van der Waals surface area (Å²) < 4.78 is 97.6. The molecule has 0 saturated carbocycles. The molecule has 1 unspecified atom stereocenters. The van der Waals surface area contributed by atoms with Gasteiger partial charge in [0, 0.05) is 5.69 Å². The molecule has 0 amide bonds. The minimum Gasteiger partial charge on any atom is -0.441 e. The molecule has 1 atom stereocenters. The predicted octanol–water partition coefficient (Wildman–Crippen LogP) is 1.51. The van der Waals surface area contributed by atoms with Gasteiger partial charge in [0.2, 0.25) is 0 Å². The van der Waals surface area contributed by atoms with Crippen LogP contribution in [0.5, 0.6) is 0 Å². The molecule has 1 rings (SSSR count). The van der Waals surface area contributed by atoms with Crippen molar-refractivity contribution in [3.8, 4) is 0 Å². The quantitative estimate of drug-likeness (QED) is 0.266. The number of nitrogen functional groups attached to an aromatic ring is 1. The van der Waals surface area contributed by atoms with Gasteiger partial charge in [-0.15, -0.1) is 0 Å². The normalized spacial score (nSPS) is 14.2. The number of ether oxygens (including phenoxy) is 1. The molecule has 0 bridgehead atoms. The van der Waals surface area contributed by atoms with Crippen LogP contribution >= 0.6 is 0 Å². The molecule has 2 radical (unpaired) electrons. The van der Waals surface area contributed by atoms with Gasteiger partial charge in [-0.05, 0) is 12.1 Å². The molecule has 3 N–H and O–H groups in total. The average Bonchev–Trinajstić information content (AvgIpc) is 2.42. The number of benzene rings is 1. The van der Waals surface area contributed by atoms with Gasteiger partial charge in [-0.2, -0.15) is 30.4 Å². The number of halogens is 5. The van der Waals surface area contributed by atoms with Crippen LogP contribution in [-0.2, 0) is 21.2 Å². The number of carbonyl (C=O) groups is 1. The smallest absolute Gasteiger partial charge is 0.432 e. The van der Waals surface area contributed by atoms with Crippen LogP contribution < -0.4 is 5.73 Å². The Morgan fingerprint density at radius 3 is 2.25 bits per heavy atom. The highest BCUT2D eigenvalue weighted by atomic mass is 32.2. The summed E-state index contributed by atoms with van der Waals surface area (Å²) in [6.45, 7) is 0. The number of esters is 1. The highest BCUT2D eigenvalue weighted by Crippen LogP contribution is 2.38. The zero-order chi connectivity index (χ0) is 18.9. The van der Waals surface area contributed by atoms with Crippen molar-refractivity contribution in [2.24, 2.45) is 0 Å². The van der Waals surface area contributed by atoms with Crippen LogP contribution in [0.15, 0.2) is 18.2 Å². The van der Waals surface area contributed by atoms with E-state index >= 15 is 0 Å². The fourth-order valence-electron chi connectivity index (χ4n) is 1.54. The molecule has 0 saturated heterocycles. The summed E-state index contributed by atoms with van der Waals surface area (Å²) in [4.78, 5) is 11.7. The van der Waals surface area contributed by atoms with Gasteiger partial charge >= 0.3 is 27.5 Å². The molecule has 0 aliphatic rings. The molecule has 132 valence electrons. The van der Waals surface area contributed by atoms with Gasteiger partial charge in [0.25, 0.3) is 6.10 Å². The third kappa shape index (κ3) is 4.14. The molecule has 0 fully saturated rings. The van der Waals surface area contributed by atoms with Gasteiger partial charge < -0.3 is 10.5 Å². The molecule has 0 spiro atoms. The van der Waals surface area contributed by atoms with Crippen molar-refractivity contribution in [3.63, 3.8) is 0 Å². The van der Waals surface area contributed by atoms with E-state index in [0.717, 1.165) is 12.1 Å². The van der Waals surface area contributed by atoms with E-state index in [1.165, 1.54) is 6.07 Å². The fraction of sp³-hybridized carbons (Fsp3) is 0.364. The van der Waals surface area contributed by atoms with E-state index in [0.29, 0.717) is 0 Å². The molecule has 0 aromatic heterocycles. The zero-order valence-electron chi connectivity index (χ0n) is 11.5. The number of hydrogen-bond acceptors (Lipinski definition) is 5. The maximum absolute atomic E-state index is 13.3. The molecule has 0 heterocycles. The van der Waals surface area contributed by atoms with Crippen molar-refractivity contribution in [2.45, 2.75) is 23.9 Å². The monoisotopic (exact) mass is 373 g/mol. The Kier molecular flexibility index (Phi) is 5.50. The number of carbonyl (C=O) groups excluding carboxylic acids is 1. The van der Waals surface area contributed by atoms with Crippen molar-refractivity contribution in [1.82, 2.24) is 0 Å². The molecular formula is C11H9BF5NO5S. The highest BCUT2D eigenvalue weighted by molar-refractivity contribution is 7.86. The third-order valence-electron chi connectivity index (χ3n) is 2.74. The van der Waals surface area contributed by atoms with Crippen molar-refractivity contribution < 1.29 is 44.5 Å². The van der Waals surface area contributed by atoms with Gasteiger partial charge in [0.15, 0.2) is 0 Å². The second-order valence-corrected chi connectivity index (χ2v) is 5.98. The zero-order valence-corrected chi connectivity index (χ0v) is 12.4. The Labute approximate surface area is 133 Å². The van der Waals surface area contributed by atoms with Crippen LogP contribution in [0.1, 0.15) is 15.9 Å². The second-order valence-electron chi connectivity index (χ2n) is 4.49. The largest absolute Gasteiger partial charge is 0.441 e. The summed E-state index contributed by atoms with van der Waals surface area (Å²) in [6, 6.07) is 3.29. The summed E-state index contributed by atoms with van der Waals surface area (Å²) in [5.74, 6) is -1.96. The van der Waals surface area contributed by atoms with Crippen LogP contribution in [0.3, 0.4) is 0 Å². The van der Waals surface area contributed by atoms with E-state index in [4.69, 9.17) is 18.1 Å². The highest BCUT2D eigenvalue weighted by Gasteiger charge is 2.66. The van der Waals surface area contributed by atoms with E-state index in [9.17, 15) is 35.2 Å². The van der Waals surface area contributed by atoms with Gasteiger partial charge in [-0.1, -0.05) is 17.9 Å². The standard InChI is InChI=1S/C11H9BF5NO5S/c12-4-5-1-2-7(18)6(3-5)8(19)23-9(10(13,14)15)11(16,17)24(20,21)22/h1-3,9H,4,18H2,(H,20,21,22). The minimum absolute atomic E-state index is 0.148. The fourth-order valence-corrected chi connectivity index (χ4v) is 1.99. The summed E-state index contributed by atoms with van der Waals surface area (Å²) in [5, 5.41) is -5.82. The summed E-state index contributed by atoms with van der Waals surface area (Å²) in [5.41, 5.74) is 4.44. The Bertz CT molecular complexity index is 737. The molecule has 24 heavy (non-hydrogen) atoms. The minimum atomic E-state index is -6.52. The first kappa shape index (κ1) is 20.2. The van der Waals surface area contributed by atoms with E-state index in [-0.39, 0.29) is 11.9 Å². The number of hydrogen-bond donors (Lipinski definition) is 2. The lowest BCUT2D eigenvalue weighted by atomic mass is 9.95. The first-order chi connectivity index (χ1) is 10.7. The third-order valence-corrected chi connectivity index (χ3v) is 3.65. The summed E-state index contributed by atoms with van der Waals surface area (Å²) in [7, 11) is -1.26. The molecule has 6 nitrogen and oxygen atoms in total. The lowest BCUT2D eigenvalue weighted by molar-refractivity contribution is -0.247. The van der Waals surface area contributed by atoms with Gasteiger partial charge in [-0.3, -0.25) is 4.55 Å². The topological polar surface area (TPSA) is 107 Å². The molecule has 1 aromatic carbocycles. The van der Waals surface area contributed by atoms with Crippen LogP contribution in [0.2, 0.25) is 0 Å². The van der Waals surface area contributed by atoms with Crippen molar-refractivity contribution >= 4 is 29.6 Å². The maximum Gasteiger partial charge on any atom is 0.432 e. The first-order valence-corrected chi connectivity index (χ1v) is 7.36. The SMILES string of the molecule is [B]Cc1ccc(N)c(C(=O)OC(C(F)(F)F)C(F)(F)S(=O)(=O)O)c1. The van der Waals surface area contributed by atoms with E-state index in [1.54, 1.807) is 0 Å². The summed E-state index contributed by atoms with van der Waals surface area (Å²) >= 11 is 0. The van der Waals surface area contributed by atoms with Gasteiger partial charge in [0.05, 0.1) is 13.4 Å². The first-order valence-electron chi connectivity index (χ1n) is 5.92. The summed E-state index contributed by atoms with van der Waals surface area (Å²) in [6.07, 6.45) is -10.6. The van der Waals surface area contributed by atoms with Crippen molar-refractivity contribution in [1.29, 1.82) is 0 Å². The maximum atomic E-state index is 13.3. The number of nitrogens with two attached hydrogens (primary N) is 1. The number of anilines is 1. The number of rotatable bonds is 5. The van der Waals surface area contributed by atoms with E-state index in [2.05, 4.69) is 4.74 Å². The van der Waals surface area contributed by atoms with Crippen LogP contribution in [0, 0.1) is 0 Å². The van der Waals surface area contributed by atoms with E-state index < -0.39 is 44.9 Å². The molecule has 1 aromatic rings. The van der Waals surface area contributed by atoms with Crippen LogP contribution in [0.25, 0.3) is 0 Å². The van der Waals surface area contributed by atoms with Crippen LogP contribution in [0.4, 0.5) is 27.6 Å². The predicted molar refractivity (Wildman–Crippen MR) is 72.1 cm³/mol. The number of alkyl halides is 5. The van der Waals surface area contributed by atoms with Crippen LogP contribution in [-0.4, -0.2) is 44.3 Å². The van der Waals surface area contributed by atoms with Gasteiger partial charge in [-0.25, -0.2) is 4.79 Å². The Morgan fingerprint density at radius 2 is 1.83 bits per heavy atom. The van der Waals surface area contributed by atoms with Gasteiger partial charge in [0.1, 0.15) is 0 Å². The Balaban J connectivity index is 3.29. The van der Waals surface area contributed by atoms with Crippen molar-refractivity contribution in [3.05, 3.63) is 29.3 Å². The lowest BCUT2D eigenvalue weighted by Gasteiger charge is -2.26. The van der Waals surface area contributed by atoms with Crippen molar-refractivity contribution in [2.75, 3.05) is 5.73 Å². The average molecular weight is 373 g/mol. The Hall–Kier alpha value is -1.89. The molecule has 0 aliphatic carbocycles. The lowest BCUT2D eigenvalue weighted by Crippen LogP contribution is -2.52. The molecule has 13 heteroatoms. The Morgan fingerprint density at radius 1 is 1.29 bits per heavy atom. The molecule has 0 aliphatic heterocycles.